The molecule has 0 aromatic heterocycles. The molecule has 0 heterocycles. The molecule has 1 atom stereocenters. The Kier molecular flexibility index (Phi) is 9.92. The van der Waals surface area contributed by atoms with Gasteiger partial charge >= 0.3 is 0 Å². The van der Waals surface area contributed by atoms with Crippen molar-refractivity contribution in [3.05, 3.63) is 0 Å². The van der Waals surface area contributed by atoms with Crippen LogP contribution in [0.15, 0.2) is 0 Å². The Hall–Kier alpha value is -0.650. The third-order valence-electron chi connectivity index (χ3n) is 2.78. The van der Waals surface area contributed by atoms with Crippen molar-refractivity contribution in [1.29, 1.82) is 0 Å². The second-order valence-electron chi connectivity index (χ2n) is 4.84. The molecule has 0 aromatic carbocycles. The number of rotatable bonds is 10. The fourth-order valence-electron chi connectivity index (χ4n) is 1.58. The van der Waals surface area contributed by atoms with Gasteiger partial charge in [-0.1, -0.05) is 6.92 Å². The first-order chi connectivity index (χ1) is 8.51. The average molecular weight is 259 g/mol. The molecular formula is C13H29N3O2. The number of hydrogen-bond donors (Lipinski definition) is 2. The van der Waals surface area contributed by atoms with Gasteiger partial charge in [-0.2, -0.15) is 0 Å². The molecule has 0 fully saturated rings. The van der Waals surface area contributed by atoms with Crippen molar-refractivity contribution < 1.29 is 9.53 Å². The van der Waals surface area contributed by atoms with Crippen LogP contribution in [0.4, 0.5) is 0 Å². The Balaban J connectivity index is 3.94. The molecule has 5 heteroatoms. The highest BCUT2D eigenvalue weighted by atomic mass is 16.5. The lowest BCUT2D eigenvalue weighted by Crippen LogP contribution is -2.43. The van der Waals surface area contributed by atoms with E-state index in [1.165, 1.54) is 0 Å². The van der Waals surface area contributed by atoms with Gasteiger partial charge in [0.2, 0.25) is 5.91 Å². The SMILES string of the molecule is CCCNC(=O)CC(CN)N(C)CCOC(C)C. The molecule has 5 nitrogen and oxygen atoms in total. The first-order valence-electron chi connectivity index (χ1n) is 6.79. The van der Waals surface area contributed by atoms with Crippen LogP contribution in [-0.4, -0.2) is 56.2 Å². The summed E-state index contributed by atoms with van der Waals surface area (Å²) in [4.78, 5) is 13.7. The van der Waals surface area contributed by atoms with E-state index in [1.54, 1.807) is 0 Å². The standard InChI is InChI=1S/C13H29N3O2/c1-5-6-15-13(17)9-12(10-14)16(4)7-8-18-11(2)3/h11-12H,5-10,14H2,1-4H3,(H,15,17). The van der Waals surface area contributed by atoms with Crippen LogP contribution in [0.5, 0.6) is 0 Å². The van der Waals surface area contributed by atoms with E-state index in [4.69, 9.17) is 10.5 Å². The maximum absolute atomic E-state index is 11.6. The zero-order valence-electron chi connectivity index (χ0n) is 12.2. The molecule has 0 aliphatic heterocycles. The minimum atomic E-state index is 0.0731. The average Bonchev–Trinajstić information content (AvgIpc) is 2.32. The summed E-state index contributed by atoms with van der Waals surface area (Å²) < 4.78 is 5.49. The van der Waals surface area contributed by atoms with Gasteiger partial charge in [-0.25, -0.2) is 0 Å². The van der Waals surface area contributed by atoms with E-state index >= 15 is 0 Å². The summed E-state index contributed by atoms with van der Waals surface area (Å²) in [5.41, 5.74) is 5.72. The van der Waals surface area contributed by atoms with E-state index in [9.17, 15) is 4.79 Å². The molecule has 0 saturated heterocycles. The van der Waals surface area contributed by atoms with Crippen molar-refractivity contribution in [3.63, 3.8) is 0 Å². The molecule has 0 aliphatic carbocycles. The molecule has 1 unspecified atom stereocenters. The lowest BCUT2D eigenvalue weighted by Gasteiger charge is -2.26. The summed E-state index contributed by atoms with van der Waals surface area (Å²) in [6.07, 6.45) is 1.65. The van der Waals surface area contributed by atoms with Crippen LogP contribution < -0.4 is 11.1 Å². The second kappa shape index (κ2) is 10.3. The Labute approximate surface area is 111 Å². The molecule has 0 aromatic rings. The van der Waals surface area contributed by atoms with Crippen LogP contribution in [-0.2, 0) is 9.53 Å². The molecule has 18 heavy (non-hydrogen) atoms. The predicted octanol–water partition coefficient (Wildman–Crippen LogP) is 0.587. The first kappa shape index (κ1) is 17.4. The summed E-state index contributed by atoms with van der Waals surface area (Å²) >= 11 is 0. The molecule has 0 spiro atoms. The smallest absolute Gasteiger partial charge is 0.221 e. The lowest BCUT2D eigenvalue weighted by atomic mass is 10.1. The molecule has 0 aliphatic rings. The summed E-state index contributed by atoms with van der Waals surface area (Å²) in [7, 11) is 1.98. The fourth-order valence-corrected chi connectivity index (χ4v) is 1.58. The Bertz CT molecular complexity index is 222. The zero-order valence-corrected chi connectivity index (χ0v) is 12.2. The van der Waals surface area contributed by atoms with Gasteiger partial charge in [0.1, 0.15) is 0 Å². The van der Waals surface area contributed by atoms with Gasteiger partial charge in [-0.15, -0.1) is 0 Å². The van der Waals surface area contributed by atoms with Crippen LogP contribution in [0.3, 0.4) is 0 Å². The van der Waals surface area contributed by atoms with Crippen molar-refractivity contribution in [1.82, 2.24) is 10.2 Å². The van der Waals surface area contributed by atoms with Crippen LogP contribution in [0.25, 0.3) is 0 Å². The van der Waals surface area contributed by atoms with E-state index < -0.39 is 0 Å². The lowest BCUT2D eigenvalue weighted by molar-refractivity contribution is -0.122. The molecule has 0 saturated carbocycles. The minimum absolute atomic E-state index is 0.0731. The summed E-state index contributed by atoms with van der Waals surface area (Å²) in [6, 6.07) is 0.0811. The maximum atomic E-state index is 11.6. The number of likely N-dealkylation sites (N-methyl/N-ethyl adjacent to an activating group) is 1. The number of nitrogens with zero attached hydrogens (tertiary/aromatic N) is 1. The van der Waals surface area contributed by atoms with Gasteiger partial charge in [0.15, 0.2) is 0 Å². The van der Waals surface area contributed by atoms with E-state index in [1.807, 2.05) is 27.8 Å². The van der Waals surface area contributed by atoms with E-state index in [0.717, 1.165) is 19.5 Å². The molecule has 1 amide bonds. The molecule has 108 valence electrons. The Morgan fingerprint density at radius 2 is 2.11 bits per heavy atom. The van der Waals surface area contributed by atoms with Crippen molar-refractivity contribution in [2.75, 3.05) is 33.3 Å². The molecule has 0 radical (unpaired) electrons. The highest BCUT2D eigenvalue weighted by Gasteiger charge is 2.16. The number of carbonyl (C=O) groups excluding carboxylic acids is 1. The van der Waals surface area contributed by atoms with Gasteiger partial charge in [0, 0.05) is 32.1 Å². The first-order valence-corrected chi connectivity index (χ1v) is 6.79. The highest BCUT2D eigenvalue weighted by molar-refractivity contribution is 5.76. The summed E-state index contributed by atoms with van der Waals surface area (Å²) in [5, 5.41) is 2.87. The number of ether oxygens (including phenoxy) is 1. The van der Waals surface area contributed by atoms with E-state index in [2.05, 4.69) is 10.2 Å². The van der Waals surface area contributed by atoms with Crippen molar-refractivity contribution in [2.24, 2.45) is 5.73 Å². The van der Waals surface area contributed by atoms with E-state index in [-0.39, 0.29) is 18.1 Å². The third kappa shape index (κ3) is 8.44. The number of amides is 1. The minimum Gasteiger partial charge on any atom is -0.377 e. The van der Waals surface area contributed by atoms with Crippen LogP contribution in [0.1, 0.15) is 33.6 Å². The maximum Gasteiger partial charge on any atom is 0.221 e. The highest BCUT2D eigenvalue weighted by Crippen LogP contribution is 2.01. The topological polar surface area (TPSA) is 67.6 Å². The number of carbonyl (C=O) groups is 1. The van der Waals surface area contributed by atoms with Gasteiger partial charge in [-0.3, -0.25) is 9.69 Å². The number of nitrogens with one attached hydrogen (secondary N) is 1. The number of nitrogens with two attached hydrogens (primary N) is 1. The Morgan fingerprint density at radius 3 is 2.61 bits per heavy atom. The zero-order chi connectivity index (χ0) is 14.0. The second-order valence-corrected chi connectivity index (χ2v) is 4.84. The summed E-state index contributed by atoms with van der Waals surface area (Å²) in [6.45, 7) is 8.74. The number of hydrogen-bond acceptors (Lipinski definition) is 4. The molecule has 3 N–H and O–H groups in total. The third-order valence-corrected chi connectivity index (χ3v) is 2.78. The van der Waals surface area contributed by atoms with Crippen molar-refractivity contribution in [3.8, 4) is 0 Å². The van der Waals surface area contributed by atoms with Crippen LogP contribution in [0.2, 0.25) is 0 Å². The van der Waals surface area contributed by atoms with E-state index in [0.29, 0.717) is 19.6 Å². The monoisotopic (exact) mass is 259 g/mol. The normalized spacial score (nSPS) is 13.1. The summed E-state index contributed by atoms with van der Waals surface area (Å²) in [5.74, 6) is 0.0731. The van der Waals surface area contributed by atoms with Crippen molar-refractivity contribution in [2.45, 2.75) is 45.8 Å². The predicted molar refractivity (Wildman–Crippen MR) is 74.5 cm³/mol. The fraction of sp³-hybridized carbons (Fsp3) is 0.923. The van der Waals surface area contributed by atoms with Gasteiger partial charge < -0.3 is 15.8 Å². The van der Waals surface area contributed by atoms with Gasteiger partial charge in [0.25, 0.3) is 0 Å². The Morgan fingerprint density at radius 1 is 1.44 bits per heavy atom. The van der Waals surface area contributed by atoms with Gasteiger partial charge in [-0.05, 0) is 27.3 Å². The van der Waals surface area contributed by atoms with Crippen LogP contribution >= 0.6 is 0 Å². The molecule has 0 bridgehead atoms. The van der Waals surface area contributed by atoms with Crippen molar-refractivity contribution >= 4 is 5.91 Å². The van der Waals surface area contributed by atoms with Gasteiger partial charge in [0.05, 0.1) is 12.7 Å². The molecule has 0 rings (SSSR count). The largest absolute Gasteiger partial charge is 0.377 e. The quantitative estimate of drug-likeness (QED) is 0.602. The molecular weight excluding hydrogens is 230 g/mol. The van der Waals surface area contributed by atoms with Crippen LogP contribution in [0, 0.1) is 0 Å².